The first kappa shape index (κ1) is 38.7. The molecule has 0 heterocycles. The maximum Gasteiger partial charge on any atom is 0.303 e. The van der Waals surface area contributed by atoms with E-state index in [4.69, 9.17) is 4.74 Å². The lowest BCUT2D eigenvalue weighted by Gasteiger charge is -2.60. The van der Waals surface area contributed by atoms with Crippen LogP contribution in [0.15, 0.2) is 66.3 Å². The van der Waals surface area contributed by atoms with E-state index in [1.807, 2.05) is 13.0 Å². The van der Waals surface area contributed by atoms with Crippen LogP contribution < -0.4 is 0 Å². The SMILES string of the molecule is CC(=O)OCC(=O)[C@@]1(O)CCC2C3CCC4=CC(=O)CC[C@]4(C)C3[C@@H](O)C[C@@]21C.CN(C/C=C/C#CC(C)(C)C)Cc1cccc2ccccc12. The lowest BCUT2D eigenvalue weighted by atomic mass is 9.45. The van der Waals surface area contributed by atoms with Crippen LogP contribution in [0.1, 0.15) is 92.1 Å². The van der Waals surface area contributed by atoms with Gasteiger partial charge in [0.2, 0.25) is 5.78 Å². The number of Topliss-reactive ketones (excluding diaryl/α,β-unsaturated/α-hetero) is 1. The number of aliphatic hydroxyl groups excluding tert-OH is 1. The van der Waals surface area contributed by atoms with Gasteiger partial charge in [0, 0.05) is 37.3 Å². The molecule has 7 atom stereocenters. The van der Waals surface area contributed by atoms with Gasteiger partial charge in [0.15, 0.2) is 12.4 Å². The molecule has 0 spiro atoms. The lowest BCUT2D eigenvalue weighted by molar-refractivity contribution is -0.184. The minimum atomic E-state index is -1.58. The molecule has 3 saturated carbocycles. The number of nitrogens with zero attached hydrogens (tertiary/aromatic N) is 1. The second-order valence-corrected chi connectivity index (χ2v) is 16.9. The minimum absolute atomic E-state index is 0.0413. The summed E-state index contributed by atoms with van der Waals surface area (Å²) in [6, 6.07) is 15.1. The maximum absolute atomic E-state index is 12.9. The number of ketones is 2. The number of allylic oxidation sites excluding steroid dienone is 2. The number of hydrogen-bond acceptors (Lipinski definition) is 7. The van der Waals surface area contributed by atoms with Gasteiger partial charge in [0.1, 0.15) is 5.60 Å². The van der Waals surface area contributed by atoms with E-state index in [2.05, 4.69) is 100 Å². The Kier molecular flexibility index (Phi) is 11.5. The molecule has 4 aliphatic rings. The van der Waals surface area contributed by atoms with Crippen LogP contribution in [-0.2, 0) is 25.7 Å². The second kappa shape index (κ2) is 15.2. The third-order valence-corrected chi connectivity index (χ3v) is 12.3. The first-order valence-electron chi connectivity index (χ1n) is 18.6. The first-order chi connectivity index (χ1) is 24.0. The molecule has 6 rings (SSSR count). The molecule has 2 N–H and O–H groups in total. The van der Waals surface area contributed by atoms with Crippen molar-refractivity contribution in [3.63, 3.8) is 0 Å². The third-order valence-electron chi connectivity index (χ3n) is 12.3. The fourth-order valence-corrected chi connectivity index (χ4v) is 9.77. The number of rotatable bonds is 7. The van der Waals surface area contributed by atoms with Crippen LogP contribution in [0, 0.1) is 45.8 Å². The van der Waals surface area contributed by atoms with E-state index >= 15 is 0 Å². The van der Waals surface area contributed by atoms with E-state index in [-0.39, 0.29) is 34.4 Å². The molecular formula is C44H57NO6. The Bertz CT molecular complexity index is 1750. The molecule has 0 aliphatic heterocycles. The molecule has 3 fully saturated rings. The predicted molar refractivity (Wildman–Crippen MR) is 201 cm³/mol. The molecule has 7 heteroatoms. The number of esters is 1. The van der Waals surface area contributed by atoms with Crippen molar-refractivity contribution >= 4 is 28.3 Å². The zero-order chi connectivity index (χ0) is 37.2. The largest absolute Gasteiger partial charge is 0.458 e. The van der Waals surface area contributed by atoms with Gasteiger partial charge in [0.05, 0.1) is 6.10 Å². The van der Waals surface area contributed by atoms with Gasteiger partial charge in [0.25, 0.3) is 0 Å². The summed E-state index contributed by atoms with van der Waals surface area (Å²) in [6.07, 6.45) is 9.63. The molecule has 0 aromatic heterocycles. The molecule has 2 aromatic carbocycles. The molecular weight excluding hydrogens is 638 g/mol. The summed E-state index contributed by atoms with van der Waals surface area (Å²) in [5.41, 5.74) is 0.0803. The van der Waals surface area contributed by atoms with Gasteiger partial charge in [-0.1, -0.05) is 79.8 Å². The number of fused-ring (bicyclic) bond motifs is 6. The van der Waals surface area contributed by atoms with E-state index in [9.17, 15) is 24.6 Å². The molecule has 274 valence electrons. The summed E-state index contributed by atoms with van der Waals surface area (Å²) in [7, 11) is 2.14. The molecule has 0 bridgehead atoms. The Morgan fingerprint density at radius 1 is 1.06 bits per heavy atom. The van der Waals surface area contributed by atoms with Gasteiger partial charge in [-0.3, -0.25) is 19.3 Å². The molecule has 7 nitrogen and oxygen atoms in total. The van der Waals surface area contributed by atoms with Gasteiger partial charge in [-0.2, -0.15) is 0 Å². The van der Waals surface area contributed by atoms with E-state index in [1.165, 1.54) is 23.3 Å². The van der Waals surface area contributed by atoms with E-state index in [0.29, 0.717) is 19.3 Å². The number of hydrogen-bond donors (Lipinski definition) is 2. The van der Waals surface area contributed by atoms with Crippen molar-refractivity contribution in [2.75, 3.05) is 20.2 Å². The number of aliphatic hydroxyl groups is 2. The zero-order valence-corrected chi connectivity index (χ0v) is 31.6. The van der Waals surface area contributed by atoms with Crippen molar-refractivity contribution in [2.24, 2.45) is 34.0 Å². The average Bonchev–Trinajstić information content (AvgIpc) is 3.34. The molecule has 0 radical (unpaired) electrons. The molecule has 51 heavy (non-hydrogen) atoms. The van der Waals surface area contributed by atoms with Crippen molar-refractivity contribution < 1.29 is 29.3 Å². The number of ether oxygens (including phenoxy) is 1. The Labute approximate surface area is 304 Å². The Hall–Kier alpha value is -3.57. The van der Waals surface area contributed by atoms with Crippen LogP contribution in [0.5, 0.6) is 0 Å². The second-order valence-electron chi connectivity index (χ2n) is 16.9. The smallest absolute Gasteiger partial charge is 0.303 e. The molecule has 0 saturated heterocycles. The molecule has 4 aliphatic carbocycles. The van der Waals surface area contributed by atoms with Crippen LogP contribution in [-0.4, -0.2) is 64.6 Å². The summed E-state index contributed by atoms with van der Waals surface area (Å²) >= 11 is 0. The highest BCUT2D eigenvalue weighted by molar-refractivity contribution is 5.92. The third kappa shape index (κ3) is 8.09. The van der Waals surface area contributed by atoms with Gasteiger partial charge < -0.3 is 14.9 Å². The number of benzene rings is 2. The average molecular weight is 696 g/mol. The van der Waals surface area contributed by atoms with Gasteiger partial charge >= 0.3 is 5.97 Å². The number of carbonyl (C=O) groups excluding carboxylic acids is 3. The maximum atomic E-state index is 12.9. The standard InChI is InChI=1S/C23H32O6.C21H25N/c1-13(24)29-12-19(27)23(28)9-7-17-16-5-4-14-10-15(25)6-8-21(14,2)20(16)18(26)11-22(17,23)3;1-21(2,3)15-8-5-9-16-22(4)17-19-13-10-12-18-11-6-7-14-20(18)19/h10,16-18,20,26,28H,4-9,11-12H2,1-3H3;5-7,9-14H,16-17H2,1-4H3/b;9-5+/t16?,17?,18-,20?,21-,22-,23-;/m0./s1. The summed E-state index contributed by atoms with van der Waals surface area (Å²) < 4.78 is 4.89. The Balaban J connectivity index is 0.000000206. The monoisotopic (exact) mass is 695 g/mol. The van der Waals surface area contributed by atoms with Crippen LogP contribution >= 0.6 is 0 Å². The van der Waals surface area contributed by atoms with E-state index in [1.54, 1.807) is 6.08 Å². The van der Waals surface area contributed by atoms with Crippen LogP contribution in [0.3, 0.4) is 0 Å². The number of likely N-dealkylation sites (N-methyl/N-ethyl adjacent to an activating group) is 1. The minimum Gasteiger partial charge on any atom is -0.458 e. The topological polar surface area (TPSA) is 104 Å². The molecule has 2 aromatic rings. The fraction of sp³-hybridized carbons (Fsp3) is 0.568. The van der Waals surface area contributed by atoms with Gasteiger partial charge in [-0.15, -0.1) is 0 Å². The van der Waals surface area contributed by atoms with Gasteiger partial charge in [-0.25, -0.2) is 0 Å². The van der Waals surface area contributed by atoms with Crippen LogP contribution in [0.2, 0.25) is 0 Å². The fourth-order valence-electron chi connectivity index (χ4n) is 9.77. The van der Waals surface area contributed by atoms with Crippen molar-refractivity contribution in [3.05, 3.63) is 71.8 Å². The summed E-state index contributed by atoms with van der Waals surface area (Å²) in [5, 5.41) is 25.4. The zero-order valence-electron chi connectivity index (χ0n) is 31.6. The summed E-state index contributed by atoms with van der Waals surface area (Å²) in [5.74, 6) is 5.87. The quantitative estimate of drug-likeness (QED) is 0.233. The van der Waals surface area contributed by atoms with Crippen molar-refractivity contribution in [3.8, 4) is 11.8 Å². The van der Waals surface area contributed by atoms with Crippen molar-refractivity contribution in [2.45, 2.75) is 105 Å². The predicted octanol–water partition coefficient (Wildman–Crippen LogP) is 7.23. The van der Waals surface area contributed by atoms with Gasteiger partial charge in [-0.05, 0) is 118 Å². The van der Waals surface area contributed by atoms with E-state index < -0.39 is 35.5 Å². The van der Waals surface area contributed by atoms with Crippen molar-refractivity contribution in [1.82, 2.24) is 4.90 Å². The Morgan fingerprint density at radius 2 is 1.78 bits per heavy atom. The molecule has 3 unspecified atom stereocenters. The lowest BCUT2D eigenvalue weighted by Crippen LogP contribution is -2.62. The highest BCUT2D eigenvalue weighted by Crippen LogP contribution is 2.67. The van der Waals surface area contributed by atoms with Crippen LogP contribution in [0.4, 0.5) is 0 Å². The normalized spacial score (nSPS) is 31.4. The highest BCUT2D eigenvalue weighted by Gasteiger charge is 2.68. The van der Waals surface area contributed by atoms with Crippen LogP contribution in [0.25, 0.3) is 10.8 Å². The van der Waals surface area contributed by atoms with Crippen molar-refractivity contribution in [1.29, 1.82) is 0 Å². The van der Waals surface area contributed by atoms with E-state index in [0.717, 1.165) is 44.3 Å². The number of carbonyl (C=O) groups is 3. The highest BCUT2D eigenvalue weighted by atomic mass is 16.5. The first-order valence-corrected chi connectivity index (χ1v) is 18.6. The summed E-state index contributed by atoms with van der Waals surface area (Å²) in [6.45, 7) is 13.1. The molecule has 0 amide bonds. The Morgan fingerprint density at radius 3 is 2.51 bits per heavy atom. The summed E-state index contributed by atoms with van der Waals surface area (Å²) in [4.78, 5) is 38.3.